The van der Waals surface area contributed by atoms with E-state index in [0.717, 1.165) is 33.3 Å². The van der Waals surface area contributed by atoms with Crippen LogP contribution in [-0.2, 0) is 0 Å². The van der Waals surface area contributed by atoms with Crippen LogP contribution in [0.5, 0.6) is 5.75 Å². The van der Waals surface area contributed by atoms with Crippen LogP contribution in [0.1, 0.15) is 41.5 Å². The van der Waals surface area contributed by atoms with E-state index in [1.165, 1.54) is 5.56 Å². The highest BCUT2D eigenvalue weighted by atomic mass is 35.5. The number of nitrogens with one attached hydrogen (secondary N) is 1. The lowest BCUT2D eigenvalue weighted by atomic mass is 10.0. The van der Waals surface area contributed by atoms with Crippen molar-refractivity contribution in [1.82, 2.24) is 5.32 Å². The predicted molar refractivity (Wildman–Crippen MR) is 91.9 cm³/mol. The molecule has 4 heteroatoms. The van der Waals surface area contributed by atoms with Gasteiger partial charge in [-0.3, -0.25) is 0 Å². The van der Waals surface area contributed by atoms with E-state index in [2.05, 4.69) is 36.7 Å². The number of aryl methyl sites for hydroxylation is 2. The molecule has 1 unspecified atom stereocenters. The van der Waals surface area contributed by atoms with Crippen LogP contribution in [0, 0.1) is 13.8 Å². The molecule has 1 aromatic carbocycles. The molecular weight excluding hydrogens is 302 g/mol. The molecule has 0 aliphatic heterocycles. The van der Waals surface area contributed by atoms with Gasteiger partial charge >= 0.3 is 0 Å². The highest BCUT2D eigenvalue weighted by Crippen LogP contribution is 2.39. The molecule has 0 saturated carbocycles. The van der Waals surface area contributed by atoms with Crippen LogP contribution < -0.4 is 10.1 Å². The van der Waals surface area contributed by atoms with Gasteiger partial charge in [-0.15, -0.1) is 11.3 Å². The summed E-state index contributed by atoms with van der Waals surface area (Å²) in [7, 11) is 0. The van der Waals surface area contributed by atoms with Crippen molar-refractivity contribution in [3.63, 3.8) is 0 Å². The Morgan fingerprint density at radius 2 is 2.05 bits per heavy atom. The Kier molecular flexibility index (Phi) is 5.68. The maximum absolute atomic E-state index is 6.49. The molecular formula is C17H22ClNOS. The van der Waals surface area contributed by atoms with E-state index >= 15 is 0 Å². The first-order chi connectivity index (χ1) is 10.1. The zero-order valence-electron chi connectivity index (χ0n) is 13.0. The number of hydrogen-bond donors (Lipinski definition) is 1. The van der Waals surface area contributed by atoms with E-state index in [-0.39, 0.29) is 6.04 Å². The molecule has 1 aromatic heterocycles. The number of rotatable bonds is 6. The zero-order valence-corrected chi connectivity index (χ0v) is 14.6. The summed E-state index contributed by atoms with van der Waals surface area (Å²) < 4.78 is 5.81. The summed E-state index contributed by atoms with van der Waals surface area (Å²) >= 11 is 8.19. The van der Waals surface area contributed by atoms with E-state index in [0.29, 0.717) is 6.61 Å². The van der Waals surface area contributed by atoms with Gasteiger partial charge in [0.25, 0.3) is 0 Å². The van der Waals surface area contributed by atoms with E-state index in [9.17, 15) is 0 Å². The second-order valence-corrected chi connectivity index (χ2v) is 6.35. The topological polar surface area (TPSA) is 21.3 Å². The molecule has 0 aliphatic carbocycles. The van der Waals surface area contributed by atoms with E-state index in [1.807, 2.05) is 19.9 Å². The Morgan fingerprint density at radius 1 is 1.29 bits per heavy atom. The number of benzene rings is 1. The van der Waals surface area contributed by atoms with Gasteiger partial charge in [-0.2, -0.15) is 0 Å². The first-order valence-electron chi connectivity index (χ1n) is 7.28. The minimum atomic E-state index is 0.0719. The second-order valence-electron chi connectivity index (χ2n) is 5.06. The molecule has 0 aliphatic rings. The lowest BCUT2D eigenvalue weighted by Gasteiger charge is -2.21. The van der Waals surface area contributed by atoms with Gasteiger partial charge in [-0.25, -0.2) is 0 Å². The summed E-state index contributed by atoms with van der Waals surface area (Å²) in [5.74, 6) is 0.927. The normalized spacial score (nSPS) is 12.4. The number of ether oxygens (including phenoxy) is 1. The molecule has 1 atom stereocenters. The van der Waals surface area contributed by atoms with Crippen molar-refractivity contribution in [2.45, 2.75) is 33.7 Å². The molecule has 0 spiro atoms. The Labute approximate surface area is 136 Å². The maximum atomic E-state index is 6.49. The van der Waals surface area contributed by atoms with Gasteiger partial charge in [0.15, 0.2) is 0 Å². The molecule has 0 amide bonds. The largest absolute Gasteiger partial charge is 0.494 e. The van der Waals surface area contributed by atoms with Crippen molar-refractivity contribution in [3.05, 3.63) is 50.2 Å². The minimum absolute atomic E-state index is 0.0719. The molecule has 0 radical (unpaired) electrons. The average molecular weight is 324 g/mol. The van der Waals surface area contributed by atoms with E-state index < -0.39 is 0 Å². The van der Waals surface area contributed by atoms with Gasteiger partial charge in [0.2, 0.25) is 0 Å². The third kappa shape index (κ3) is 3.60. The third-order valence-electron chi connectivity index (χ3n) is 3.37. The molecule has 0 bridgehead atoms. The Bertz CT molecular complexity index is 609. The average Bonchev–Trinajstić information content (AvgIpc) is 2.79. The molecule has 114 valence electrons. The molecule has 0 fully saturated rings. The third-order valence-corrected chi connectivity index (χ3v) is 5.15. The quantitative estimate of drug-likeness (QED) is 0.797. The van der Waals surface area contributed by atoms with Crippen LogP contribution in [0.25, 0.3) is 0 Å². The Balaban J connectivity index is 2.52. The van der Waals surface area contributed by atoms with Gasteiger partial charge in [0.05, 0.1) is 17.7 Å². The molecule has 2 rings (SSSR count). The number of thiophene rings is 1. The highest BCUT2D eigenvalue weighted by Gasteiger charge is 2.22. The van der Waals surface area contributed by atoms with Gasteiger partial charge in [-0.05, 0) is 44.3 Å². The van der Waals surface area contributed by atoms with Crippen molar-refractivity contribution in [1.29, 1.82) is 0 Å². The first kappa shape index (κ1) is 16.3. The van der Waals surface area contributed by atoms with Gasteiger partial charge in [-0.1, -0.05) is 36.2 Å². The molecule has 1 heterocycles. The van der Waals surface area contributed by atoms with Crippen LogP contribution in [0.4, 0.5) is 0 Å². The molecule has 0 saturated heterocycles. The maximum Gasteiger partial charge on any atom is 0.124 e. The first-order valence-corrected chi connectivity index (χ1v) is 8.54. The number of halogens is 1. The van der Waals surface area contributed by atoms with Crippen molar-refractivity contribution in [3.8, 4) is 5.75 Å². The van der Waals surface area contributed by atoms with E-state index in [4.69, 9.17) is 16.3 Å². The SMILES string of the molecule is CCNC(c1cc(C)ccc1OCC)c1scc(C)c1Cl. The lowest BCUT2D eigenvalue weighted by Crippen LogP contribution is -2.22. The fourth-order valence-corrected chi connectivity index (χ4v) is 3.77. The molecule has 2 aromatic rings. The van der Waals surface area contributed by atoms with Crippen molar-refractivity contribution in [2.75, 3.05) is 13.2 Å². The second kappa shape index (κ2) is 7.30. The number of hydrogen-bond acceptors (Lipinski definition) is 3. The summed E-state index contributed by atoms with van der Waals surface area (Å²) in [6.07, 6.45) is 0. The monoisotopic (exact) mass is 323 g/mol. The predicted octanol–water partition coefficient (Wildman–Crippen LogP) is 5.12. The van der Waals surface area contributed by atoms with Crippen LogP contribution >= 0.6 is 22.9 Å². The van der Waals surface area contributed by atoms with Crippen LogP contribution in [0.15, 0.2) is 23.6 Å². The summed E-state index contributed by atoms with van der Waals surface area (Å²) in [6, 6.07) is 6.39. The van der Waals surface area contributed by atoms with Crippen molar-refractivity contribution >= 4 is 22.9 Å². The summed E-state index contributed by atoms with van der Waals surface area (Å²) in [5, 5.41) is 6.51. The minimum Gasteiger partial charge on any atom is -0.494 e. The molecule has 21 heavy (non-hydrogen) atoms. The van der Waals surface area contributed by atoms with Gasteiger partial charge in [0, 0.05) is 10.4 Å². The van der Waals surface area contributed by atoms with Gasteiger partial charge < -0.3 is 10.1 Å². The van der Waals surface area contributed by atoms with Crippen LogP contribution in [0.2, 0.25) is 5.02 Å². The van der Waals surface area contributed by atoms with Crippen LogP contribution in [-0.4, -0.2) is 13.2 Å². The lowest BCUT2D eigenvalue weighted by molar-refractivity contribution is 0.333. The van der Waals surface area contributed by atoms with Crippen molar-refractivity contribution in [2.24, 2.45) is 0 Å². The fraction of sp³-hybridized carbons (Fsp3) is 0.412. The fourth-order valence-electron chi connectivity index (χ4n) is 2.37. The summed E-state index contributed by atoms with van der Waals surface area (Å²) in [4.78, 5) is 1.16. The molecule has 1 N–H and O–H groups in total. The van der Waals surface area contributed by atoms with Crippen LogP contribution in [0.3, 0.4) is 0 Å². The highest BCUT2D eigenvalue weighted by molar-refractivity contribution is 7.10. The van der Waals surface area contributed by atoms with Gasteiger partial charge in [0.1, 0.15) is 5.75 Å². The summed E-state index contributed by atoms with van der Waals surface area (Å²) in [5.41, 5.74) is 3.51. The van der Waals surface area contributed by atoms with Crippen molar-refractivity contribution < 1.29 is 4.74 Å². The molecule has 2 nitrogen and oxygen atoms in total. The Hall–Kier alpha value is -1.03. The summed E-state index contributed by atoms with van der Waals surface area (Å²) in [6.45, 7) is 9.80. The van der Waals surface area contributed by atoms with E-state index in [1.54, 1.807) is 11.3 Å². The standard InChI is InChI=1S/C17H22ClNOS/c1-5-19-16(17-15(18)12(4)10-21-17)13-9-11(3)7-8-14(13)20-6-2/h7-10,16,19H,5-6H2,1-4H3. The Morgan fingerprint density at radius 3 is 2.62 bits per heavy atom. The smallest absolute Gasteiger partial charge is 0.124 e. The zero-order chi connectivity index (χ0) is 15.4.